The van der Waals surface area contributed by atoms with Crippen LogP contribution in [0.15, 0.2) is 0 Å². The van der Waals surface area contributed by atoms with Gasteiger partial charge in [0.1, 0.15) is 23.3 Å². The lowest BCUT2D eigenvalue weighted by Crippen LogP contribution is -2.53. The second kappa shape index (κ2) is 11.9. The second-order valence-electron chi connectivity index (χ2n) is 8.36. The van der Waals surface area contributed by atoms with E-state index in [-0.39, 0.29) is 0 Å². The van der Waals surface area contributed by atoms with Crippen LogP contribution < -0.4 is 10.6 Å². The fourth-order valence-corrected chi connectivity index (χ4v) is 2.58. The SMILES string of the molecule is COC(=O)[C@H](CC(=O)OC(C)(C)C)NC(=O)[C@H](CCSC)NC(=O)OC(C)(C)C. The van der Waals surface area contributed by atoms with Gasteiger partial charge in [-0.3, -0.25) is 9.59 Å². The second-order valence-corrected chi connectivity index (χ2v) is 9.34. The molecular formula is C19H34N2O7S. The van der Waals surface area contributed by atoms with E-state index in [9.17, 15) is 19.2 Å². The summed E-state index contributed by atoms with van der Waals surface area (Å²) in [5.41, 5.74) is -1.46. The monoisotopic (exact) mass is 434 g/mol. The molecule has 9 nitrogen and oxygen atoms in total. The maximum atomic E-state index is 12.7. The summed E-state index contributed by atoms with van der Waals surface area (Å²) in [4.78, 5) is 48.9. The Balaban J connectivity index is 5.22. The van der Waals surface area contributed by atoms with Gasteiger partial charge in [-0.05, 0) is 60.0 Å². The van der Waals surface area contributed by atoms with Gasteiger partial charge in [0.05, 0.1) is 13.5 Å². The Morgan fingerprint density at radius 3 is 1.90 bits per heavy atom. The van der Waals surface area contributed by atoms with Crippen molar-refractivity contribution in [3.05, 3.63) is 0 Å². The lowest BCUT2D eigenvalue weighted by molar-refractivity contribution is -0.159. The van der Waals surface area contributed by atoms with Crippen LogP contribution in [0.5, 0.6) is 0 Å². The number of thioether (sulfide) groups is 1. The van der Waals surface area contributed by atoms with Crippen LogP contribution in [0.3, 0.4) is 0 Å². The van der Waals surface area contributed by atoms with E-state index in [2.05, 4.69) is 15.4 Å². The minimum Gasteiger partial charge on any atom is -0.467 e. The van der Waals surface area contributed by atoms with Gasteiger partial charge in [0, 0.05) is 0 Å². The molecule has 168 valence electrons. The fourth-order valence-electron chi connectivity index (χ4n) is 2.11. The first-order valence-corrected chi connectivity index (χ1v) is 10.7. The van der Waals surface area contributed by atoms with Gasteiger partial charge in [-0.15, -0.1) is 0 Å². The van der Waals surface area contributed by atoms with Crippen LogP contribution >= 0.6 is 11.8 Å². The van der Waals surface area contributed by atoms with Gasteiger partial charge in [-0.1, -0.05) is 0 Å². The first-order valence-electron chi connectivity index (χ1n) is 9.27. The molecule has 0 aliphatic carbocycles. The first-order chi connectivity index (χ1) is 13.2. The summed E-state index contributed by atoms with van der Waals surface area (Å²) in [5.74, 6) is -1.48. The van der Waals surface area contributed by atoms with Crippen molar-refractivity contribution in [2.24, 2.45) is 0 Å². The minimum atomic E-state index is -1.24. The number of amides is 2. The highest BCUT2D eigenvalue weighted by molar-refractivity contribution is 7.98. The third-order valence-corrected chi connectivity index (χ3v) is 3.86. The molecule has 29 heavy (non-hydrogen) atoms. The van der Waals surface area contributed by atoms with Crippen molar-refractivity contribution in [1.29, 1.82) is 0 Å². The predicted molar refractivity (Wildman–Crippen MR) is 111 cm³/mol. The van der Waals surface area contributed by atoms with Crippen molar-refractivity contribution in [1.82, 2.24) is 10.6 Å². The quantitative estimate of drug-likeness (QED) is 0.418. The highest BCUT2D eigenvalue weighted by atomic mass is 32.2. The van der Waals surface area contributed by atoms with Gasteiger partial charge in [-0.2, -0.15) is 11.8 Å². The highest BCUT2D eigenvalue weighted by Gasteiger charge is 2.31. The molecule has 2 amide bonds. The van der Waals surface area contributed by atoms with Crippen LogP contribution in [0.1, 0.15) is 54.4 Å². The molecule has 0 aromatic heterocycles. The summed E-state index contributed by atoms with van der Waals surface area (Å²) >= 11 is 1.50. The van der Waals surface area contributed by atoms with Crippen molar-refractivity contribution < 1.29 is 33.4 Å². The van der Waals surface area contributed by atoms with Crippen LogP contribution in [0.2, 0.25) is 0 Å². The predicted octanol–water partition coefficient (Wildman–Crippen LogP) is 2.02. The molecule has 0 spiro atoms. The van der Waals surface area contributed by atoms with Crippen LogP contribution in [0, 0.1) is 0 Å². The van der Waals surface area contributed by atoms with Gasteiger partial charge in [0.2, 0.25) is 5.91 Å². The Morgan fingerprint density at radius 2 is 1.45 bits per heavy atom. The summed E-state index contributed by atoms with van der Waals surface area (Å²) in [6, 6.07) is -2.18. The first kappa shape index (κ1) is 27.0. The summed E-state index contributed by atoms with van der Waals surface area (Å²) in [7, 11) is 1.15. The van der Waals surface area contributed by atoms with E-state index in [1.54, 1.807) is 41.5 Å². The molecule has 0 aromatic rings. The average molecular weight is 435 g/mol. The Kier molecular flexibility index (Phi) is 11.1. The Hall–Kier alpha value is -1.97. The van der Waals surface area contributed by atoms with E-state index in [4.69, 9.17) is 9.47 Å². The van der Waals surface area contributed by atoms with E-state index < -0.39 is 53.6 Å². The molecule has 0 fully saturated rings. The molecular weight excluding hydrogens is 400 g/mol. The number of rotatable bonds is 9. The number of carbonyl (C=O) groups excluding carboxylic acids is 4. The number of carbonyl (C=O) groups is 4. The molecule has 0 aliphatic rings. The van der Waals surface area contributed by atoms with Crippen molar-refractivity contribution >= 4 is 35.7 Å². The molecule has 0 rings (SSSR count). The number of nitrogens with one attached hydrogen (secondary N) is 2. The van der Waals surface area contributed by atoms with E-state index in [1.165, 1.54) is 11.8 Å². The van der Waals surface area contributed by atoms with Crippen molar-refractivity contribution in [3.63, 3.8) is 0 Å². The topological polar surface area (TPSA) is 120 Å². The largest absolute Gasteiger partial charge is 0.467 e. The van der Waals surface area contributed by atoms with Crippen LogP contribution in [0.4, 0.5) is 4.79 Å². The summed E-state index contributed by atoms with van der Waals surface area (Å²) in [6.45, 7) is 10.2. The Labute approximate surface area is 177 Å². The average Bonchev–Trinajstić information content (AvgIpc) is 2.53. The molecule has 0 aliphatic heterocycles. The molecule has 10 heteroatoms. The summed E-state index contributed by atoms with van der Waals surface area (Å²) in [5, 5.41) is 4.97. The molecule has 0 saturated carbocycles. The minimum absolute atomic E-state index is 0.312. The van der Waals surface area contributed by atoms with Crippen molar-refractivity contribution in [3.8, 4) is 0 Å². The number of methoxy groups -OCH3 is 1. The van der Waals surface area contributed by atoms with Gasteiger partial charge in [-0.25, -0.2) is 9.59 Å². The number of hydrogen-bond acceptors (Lipinski definition) is 8. The maximum Gasteiger partial charge on any atom is 0.408 e. The lowest BCUT2D eigenvalue weighted by atomic mass is 10.1. The van der Waals surface area contributed by atoms with Crippen molar-refractivity contribution in [2.45, 2.75) is 77.7 Å². The smallest absolute Gasteiger partial charge is 0.408 e. The molecule has 0 bridgehead atoms. The van der Waals surface area contributed by atoms with Crippen molar-refractivity contribution in [2.75, 3.05) is 19.1 Å². The standard InChI is InChI=1S/C19H34N2O7S/c1-18(2,3)27-14(22)11-13(16(24)26-7)20-15(23)12(9-10-29-8)21-17(25)28-19(4,5)6/h12-13H,9-11H2,1-8H3,(H,20,23)(H,21,25)/t12-,13-/m0/s1. The normalized spacial score (nSPS) is 13.7. The zero-order valence-corrected chi connectivity index (χ0v) is 19.4. The van der Waals surface area contributed by atoms with Gasteiger partial charge in [0.25, 0.3) is 0 Å². The Morgan fingerprint density at radius 1 is 0.897 bits per heavy atom. The molecule has 0 aromatic carbocycles. The lowest BCUT2D eigenvalue weighted by Gasteiger charge is -2.25. The van der Waals surface area contributed by atoms with Gasteiger partial charge in [0.15, 0.2) is 0 Å². The summed E-state index contributed by atoms with van der Waals surface area (Å²) in [6.07, 6.45) is 1.03. The number of ether oxygens (including phenoxy) is 3. The van der Waals surface area contributed by atoms with Gasteiger partial charge < -0.3 is 24.8 Å². The third kappa shape index (κ3) is 13.0. The molecule has 0 heterocycles. The van der Waals surface area contributed by atoms with Crippen LogP contribution in [-0.2, 0) is 28.6 Å². The number of alkyl carbamates (subject to hydrolysis) is 1. The highest BCUT2D eigenvalue weighted by Crippen LogP contribution is 2.11. The van der Waals surface area contributed by atoms with Crippen LogP contribution in [-0.4, -0.2) is 66.3 Å². The molecule has 0 radical (unpaired) electrons. The third-order valence-electron chi connectivity index (χ3n) is 3.21. The zero-order chi connectivity index (χ0) is 22.8. The van der Waals surface area contributed by atoms with E-state index >= 15 is 0 Å². The molecule has 2 N–H and O–H groups in total. The van der Waals surface area contributed by atoms with Crippen LogP contribution in [0.25, 0.3) is 0 Å². The van der Waals surface area contributed by atoms with E-state index in [1.807, 2.05) is 6.26 Å². The Bertz CT molecular complexity index is 582. The molecule has 2 atom stereocenters. The zero-order valence-electron chi connectivity index (χ0n) is 18.5. The molecule has 0 unspecified atom stereocenters. The van der Waals surface area contributed by atoms with E-state index in [0.29, 0.717) is 12.2 Å². The number of esters is 2. The van der Waals surface area contributed by atoms with Gasteiger partial charge >= 0.3 is 18.0 Å². The molecule has 0 saturated heterocycles. The maximum absolute atomic E-state index is 12.7. The fraction of sp³-hybridized carbons (Fsp3) is 0.789. The number of hydrogen-bond donors (Lipinski definition) is 2. The summed E-state index contributed by atoms with van der Waals surface area (Å²) < 4.78 is 15.1. The van der Waals surface area contributed by atoms with E-state index in [0.717, 1.165) is 7.11 Å².